The molecule has 0 aromatic carbocycles. The molecule has 0 spiro atoms. The molecule has 0 rings (SSSR count). The molecule has 0 saturated carbocycles. The number of hydrogen-bond donors (Lipinski definition) is 0. The minimum absolute atomic E-state index is 0.462. The lowest BCUT2D eigenvalue weighted by Gasteiger charge is -2.02. The van der Waals surface area contributed by atoms with E-state index in [9.17, 15) is 4.79 Å². The van der Waals surface area contributed by atoms with Crippen molar-refractivity contribution in [3.63, 3.8) is 0 Å². The molecule has 0 aliphatic rings. The van der Waals surface area contributed by atoms with E-state index in [1.54, 1.807) is 0 Å². The van der Waals surface area contributed by atoms with Gasteiger partial charge in [0.05, 0.1) is 0 Å². The first kappa shape index (κ1) is 16.7. The maximum atomic E-state index is 11.5. The molecule has 0 amide bonds. The van der Waals surface area contributed by atoms with Gasteiger partial charge in [-0.1, -0.05) is 71.6 Å². The summed E-state index contributed by atoms with van der Waals surface area (Å²) in [4.78, 5) is 11.5. The Balaban J connectivity index is 3.08. The van der Waals surface area contributed by atoms with Crippen LogP contribution in [-0.2, 0) is 4.79 Å². The second kappa shape index (κ2) is 13.7. The van der Waals surface area contributed by atoms with Crippen molar-refractivity contribution < 1.29 is 4.79 Å². The van der Waals surface area contributed by atoms with E-state index in [4.69, 9.17) is 0 Å². The van der Waals surface area contributed by atoms with E-state index in [1.165, 1.54) is 44.9 Å². The molecule has 0 aromatic heterocycles. The second-order valence-electron chi connectivity index (χ2n) is 5.07. The van der Waals surface area contributed by atoms with Gasteiger partial charge in [0.1, 0.15) is 5.78 Å². The molecular weight excluding hydrogens is 208 g/mol. The van der Waals surface area contributed by atoms with E-state index in [2.05, 4.69) is 13.8 Å². The largest absolute Gasteiger partial charge is 0.300 e. The lowest BCUT2D eigenvalue weighted by Crippen LogP contribution is -1.97. The van der Waals surface area contributed by atoms with Crippen LogP contribution in [0.15, 0.2) is 0 Å². The first-order chi connectivity index (χ1) is 8.31. The number of ketones is 1. The Morgan fingerprint density at radius 1 is 0.765 bits per heavy atom. The van der Waals surface area contributed by atoms with Crippen LogP contribution in [0.2, 0.25) is 0 Å². The van der Waals surface area contributed by atoms with Gasteiger partial charge in [0.2, 0.25) is 0 Å². The summed E-state index contributed by atoms with van der Waals surface area (Å²) in [5, 5.41) is 0. The van der Waals surface area contributed by atoms with Crippen molar-refractivity contribution in [3.8, 4) is 0 Å². The number of unbranched alkanes of at least 4 members (excludes halogenated alkanes) is 9. The van der Waals surface area contributed by atoms with Crippen LogP contribution in [0.5, 0.6) is 0 Å². The second-order valence-corrected chi connectivity index (χ2v) is 5.07. The predicted octanol–water partition coefficient (Wildman–Crippen LogP) is 5.48. The van der Waals surface area contributed by atoms with Gasteiger partial charge in [-0.25, -0.2) is 0 Å². The van der Waals surface area contributed by atoms with E-state index in [0.717, 1.165) is 38.5 Å². The molecular formula is C16H31O. The molecule has 17 heavy (non-hydrogen) atoms. The van der Waals surface area contributed by atoms with Crippen LogP contribution in [0.3, 0.4) is 0 Å². The summed E-state index contributed by atoms with van der Waals surface area (Å²) in [7, 11) is 0. The predicted molar refractivity (Wildman–Crippen MR) is 76.1 cm³/mol. The Morgan fingerprint density at radius 2 is 1.24 bits per heavy atom. The molecule has 0 saturated heterocycles. The molecule has 0 heterocycles. The molecule has 0 atom stereocenters. The Kier molecular flexibility index (Phi) is 13.5. The highest BCUT2D eigenvalue weighted by atomic mass is 16.1. The highest BCUT2D eigenvalue weighted by Gasteiger charge is 2.01. The van der Waals surface area contributed by atoms with Gasteiger partial charge in [-0.3, -0.25) is 4.79 Å². The van der Waals surface area contributed by atoms with E-state index in [0.29, 0.717) is 5.78 Å². The number of Topliss-reactive ketones (excluding diaryl/α,β-unsaturated/α-hetero) is 1. The number of hydrogen-bond acceptors (Lipinski definition) is 1. The number of carbonyl (C=O) groups is 1. The zero-order valence-electron chi connectivity index (χ0n) is 11.8. The standard InChI is InChI=1S/C16H31O/c1-3-5-7-8-9-10-11-13-15-16(17)14-12-6-4-2/h2-15H2,1H3. The van der Waals surface area contributed by atoms with Crippen LogP contribution in [0, 0.1) is 6.92 Å². The van der Waals surface area contributed by atoms with Crippen LogP contribution in [0.4, 0.5) is 0 Å². The van der Waals surface area contributed by atoms with Gasteiger partial charge in [-0.2, -0.15) is 0 Å². The van der Waals surface area contributed by atoms with E-state index in [1.807, 2.05) is 0 Å². The van der Waals surface area contributed by atoms with Crippen molar-refractivity contribution in [2.75, 3.05) is 0 Å². The zero-order valence-corrected chi connectivity index (χ0v) is 11.8. The minimum atomic E-state index is 0.462. The summed E-state index contributed by atoms with van der Waals surface area (Å²) in [6.07, 6.45) is 15.2. The average molecular weight is 239 g/mol. The summed E-state index contributed by atoms with van der Waals surface area (Å²) >= 11 is 0. The van der Waals surface area contributed by atoms with Crippen LogP contribution in [0.1, 0.15) is 90.4 Å². The molecule has 0 aromatic rings. The van der Waals surface area contributed by atoms with Gasteiger partial charge in [-0.05, 0) is 12.8 Å². The molecule has 0 fully saturated rings. The van der Waals surface area contributed by atoms with Crippen LogP contribution < -0.4 is 0 Å². The molecule has 0 N–H and O–H groups in total. The smallest absolute Gasteiger partial charge is 0.132 e. The summed E-state index contributed by atoms with van der Waals surface area (Å²) in [5.41, 5.74) is 0. The lowest BCUT2D eigenvalue weighted by molar-refractivity contribution is -0.119. The fourth-order valence-electron chi connectivity index (χ4n) is 2.08. The molecule has 1 radical (unpaired) electrons. The third-order valence-electron chi connectivity index (χ3n) is 3.26. The van der Waals surface area contributed by atoms with Crippen LogP contribution in [-0.4, -0.2) is 5.78 Å². The minimum Gasteiger partial charge on any atom is -0.300 e. The van der Waals surface area contributed by atoms with Crippen molar-refractivity contribution in [2.24, 2.45) is 0 Å². The van der Waals surface area contributed by atoms with Gasteiger partial charge in [-0.15, -0.1) is 0 Å². The number of carbonyl (C=O) groups excluding carboxylic acids is 1. The van der Waals surface area contributed by atoms with Gasteiger partial charge < -0.3 is 0 Å². The summed E-state index contributed by atoms with van der Waals surface area (Å²) in [5.74, 6) is 0.462. The van der Waals surface area contributed by atoms with Crippen molar-refractivity contribution in [2.45, 2.75) is 90.4 Å². The van der Waals surface area contributed by atoms with Gasteiger partial charge in [0.15, 0.2) is 0 Å². The van der Waals surface area contributed by atoms with Crippen molar-refractivity contribution >= 4 is 5.78 Å². The SMILES string of the molecule is [CH2]CCCCC(=O)CCCCCCCCCC. The zero-order chi connectivity index (χ0) is 12.8. The first-order valence-corrected chi connectivity index (χ1v) is 7.62. The third-order valence-corrected chi connectivity index (χ3v) is 3.26. The Labute approximate surface area is 108 Å². The Hall–Kier alpha value is -0.330. The molecule has 0 aliphatic carbocycles. The van der Waals surface area contributed by atoms with Gasteiger partial charge in [0.25, 0.3) is 0 Å². The average Bonchev–Trinajstić information content (AvgIpc) is 2.33. The van der Waals surface area contributed by atoms with Crippen molar-refractivity contribution in [3.05, 3.63) is 6.92 Å². The fraction of sp³-hybridized carbons (Fsp3) is 0.875. The lowest BCUT2D eigenvalue weighted by atomic mass is 10.0. The summed E-state index contributed by atoms with van der Waals surface area (Å²) < 4.78 is 0. The third kappa shape index (κ3) is 13.6. The highest BCUT2D eigenvalue weighted by Crippen LogP contribution is 2.11. The van der Waals surface area contributed by atoms with Crippen LogP contribution >= 0.6 is 0 Å². The molecule has 0 unspecified atom stereocenters. The Bertz CT molecular complexity index is 163. The summed E-state index contributed by atoms with van der Waals surface area (Å²) in [6, 6.07) is 0. The first-order valence-electron chi connectivity index (χ1n) is 7.62. The van der Waals surface area contributed by atoms with E-state index < -0.39 is 0 Å². The molecule has 101 valence electrons. The number of rotatable bonds is 13. The van der Waals surface area contributed by atoms with Crippen LogP contribution in [0.25, 0.3) is 0 Å². The molecule has 0 bridgehead atoms. The normalized spacial score (nSPS) is 10.7. The quantitative estimate of drug-likeness (QED) is 0.389. The van der Waals surface area contributed by atoms with Crippen molar-refractivity contribution in [1.29, 1.82) is 0 Å². The Morgan fingerprint density at radius 3 is 1.76 bits per heavy atom. The van der Waals surface area contributed by atoms with Gasteiger partial charge >= 0.3 is 0 Å². The summed E-state index contributed by atoms with van der Waals surface area (Å²) in [6.45, 7) is 6.04. The van der Waals surface area contributed by atoms with Crippen molar-refractivity contribution in [1.82, 2.24) is 0 Å². The maximum absolute atomic E-state index is 11.5. The van der Waals surface area contributed by atoms with E-state index in [-0.39, 0.29) is 0 Å². The molecule has 0 aliphatic heterocycles. The van der Waals surface area contributed by atoms with E-state index >= 15 is 0 Å². The highest BCUT2D eigenvalue weighted by molar-refractivity contribution is 5.78. The molecule has 1 heteroatoms. The fourth-order valence-corrected chi connectivity index (χ4v) is 2.08. The topological polar surface area (TPSA) is 17.1 Å². The molecule has 1 nitrogen and oxygen atoms in total. The maximum Gasteiger partial charge on any atom is 0.132 e. The monoisotopic (exact) mass is 239 g/mol. The van der Waals surface area contributed by atoms with Gasteiger partial charge in [0, 0.05) is 12.8 Å².